The number of benzene rings is 2. The maximum atomic E-state index is 12.9. The minimum Gasteiger partial charge on any atom is -0.341 e. The highest BCUT2D eigenvalue weighted by molar-refractivity contribution is 5.77. The molecule has 0 saturated carbocycles. The molecule has 0 aliphatic carbocycles. The molecule has 1 aromatic heterocycles. The molecule has 1 aliphatic rings. The molecule has 0 spiro atoms. The number of rotatable bonds is 5. The van der Waals surface area contributed by atoms with Gasteiger partial charge in [-0.25, -0.2) is 0 Å². The quantitative estimate of drug-likeness (QED) is 0.639. The van der Waals surface area contributed by atoms with Crippen LogP contribution in [0.1, 0.15) is 29.4 Å². The molecule has 0 atom stereocenters. The summed E-state index contributed by atoms with van der Waals surface area (Å²) in [5.41, 5.74) is 0.589. The second-order valence-electron chi connectivity index (χ2n) is 7.02. The highest BCUT2D eigenvalue weighted by Gasteiger charge is 2.35. The number of carbonyl (C=O) groups is 1. The van der Waals surface area contributed by atoms with Crippen LogP contribution < -0.4 is 0 Å². The van der Waals surface area contributed by atoms with Crippen LogP contribution in [0.2, 0.25) is 0 Å². The van der Waals surface area contributed by atoms with E-state index >= 15 is 0 Å². The summed E-state index contributed by atoms with van der Waals surface area (Å²) >= 11 is 0. The van der Waals surface area contributed by atoms with Crippen LogP contribution in [0.5, 0.6) is 0 Å². The summed E-state index contributed by atoms with van der Waals surface area (Å²) in [5, 5.41) is 3.80. The number of aromatic nitrogens is 2. The zero-order chi connectivity index (χ0) is 20.4. The van der Waals surface area contributed by atoms with E-state index in [1.54, 1.807) is 4.90 Å². The summed E-state index contributed by atoms with van der Waals surface area (Å²) in [5.74, 6) is 0.412. The first kappa shape index (κ1) is 19.2. The summed E-state index contributed by atoms with van der Waals surface area (Å²) in [4.78, 5) is 18.2. The van der Waals surface area contributed by atoms with Crippen LogP contribution in [-0.2, 0) is 17.4 Å². The first-order chi connectivity index (χ1) is 13.9. The Bertz CT molecular complexity index is 996. The van der Waals surface area contributed by atoms with E-state index in [2.05, 4.69) is 10.1 Å². The van der Waals surface area contributed by atoms with Crippen molar-refractivity contribution in [2.75, 3.05) is 13.1 Å². The molecule has 5 nitrogen and oxygen atoms in total. The Hall–Kier alpha value is -3.16. The topological polar surface area (TPSA) is 59.2 Å². The molecular weight excluding hydrogens is 383 g/mol. The molecule has 4 rings (SSSR count). The van der Waals surface area contributed by atoms with Gasteiger partial charge >= 0.3 is 6.18 Å². The second-order valence-corrected chi connectivity index (χ2v) is 7.02. The van der Waals surface area contributed by atoms with Gasteiger partial charge in [0, 0.05) is 25.1 Å². The second kappa shape index (κ2) is 7.69. The maximum Gasteiger partial charge on any atom is 0.416 e. The van der Waals surface area contributed by atoms with Crippen molar-refractivity contribution in [3.8, 4) is 11.4 Å². The normalized spacial score (nSPS) is 14.7. The lowest BCUT2D eigenvalue weighted by molar-refractivity contribution is -0.137. The van der Waals surface area contributed by atoms with Crippen LogP contribution in [0.3, 0.4) is 0 Å². The SMILES string of the molecule is O=C(CCc1ccccc1)N1CC(c2nc(-c3cccc(C(F)(F)F)c3)no2)C1. The summed E-state index contributed by atoms with van der Waals surface area (Å²) < 4.78 is 43.8. The number of alkyl halides is 3. The number of carbonyl (C=O) groups excluding carboxylic acids is 1. The standard InChI is InChI=1S/C21H18F3N3O2/c22-21(23,24)17-8-4-7-15(11-17)19-25-20(29-26-19)16-12-27(13-16)18(28)10-9-14-5-2-1-3-6-14/h1-8,11,16H,9-10,12-13H2. The lowest BCUT2D eigenvalue weighted by atomic mass is 9.99. The molecule has 1 saturated heterocycles. The third kappa shape index (κ3) is 4.31. The molecule has 0 bridgehead atoms. The van der Waals surface area contributed by atoms with Gasteiger partial charge in [0.1, 0.15) is 0 Å². The Morgan fingerprint density at radius 1 is 1.10 bits per heavy atom. The van der Waals surface area contributed by atoms with Crippen molar-refractivity contribution in [2.45, 2.75) is 24.9 Å². The molecule has 150 valence electrons. The van der Waals surface area contributed by atoms with Crippen LogP contribution in [0, 0.1) is 0 Å². The molecule has 29 heavy (non-hydrogen) atoms. The third-order valence-electron chi connectivity index (χ3n) is 4.94. The van der Waals surface area contributed by atoms with Gasteiger partial charge < -0.3 is 9.42 Å². The van der Waals surface area contributed by atoms with Gasteiger partial charge in [0.15, 0.2) is 0 Å². The van der Waals surface area contributed by atoms with Crippen LogP contribution in [0.25, 0.3) is 11.4 Å². The van der Waals surface area contributed by atoms with Crippen LogP contribution in [0.4, 0.5) is 13.2 Å². The number of hydrogen-bond acceptors (Lipinski definition) is 4. The van der Waals surface area contributed by atoms with Gasteiger partial charge in [0.2, 0.25) is 17.6 Å². The third-order valence-corrected chi connectivity index (χ3v) is 4.94. The van der Waals surface area contributed by atoms with E-state index in [4.69, 9.17) is 4.52 Å². The number of nitrogens with zero attached hydrogens (tertiary/aromatic N) is 3. The highest BCUT2D eigenvalue weighted by atomic mass is 19.4. The summed E-state index contributed by atoms with van der Waals surface area (Å²) in [6.07, 6.45) is -3.33. The van der Waals surface area contributed by atoms with Gasteiger partial charge in [0.25, 0.3) is 0 Å². The van der Waals surface area contributed by atoms with Crippen molar-refractivity contribution in [1.82, 2.24) is 15.0 Å². The van der Waals surface area contributed by atoms with E-state index in [0.29, 0.717) is 31.8 Å². The first-order valence-electron chi connectivity index (χ1n) is 9.23. The molecule has 0 unspecified atom stereocenters. The van der Waals surface area contributed by atoms with Crippen molar-refractivity contribution in [3.63, 3.8) is 0 Å². The predicted molar refractivity (Wildman–Crippen MR) is 98.8 cm³/mol. The monoisotopic (exact) mass is 401 g/mol. The van der Waals surface area contributed by atoms with Gasteiger partial charge in [-0.2, -0.15) is 18.2 Å². The molecule has 0 N–H and O–H groups in total. The van der Waals surface area contributed by atoms with Crippen LogP contribution >= 0.6 is 0 Å². The van der Waals surface area contributed by atoms with Crippen molar-refractivity contribution in [1.29, 1.82) is 0 Å². The Balaban J connectivity index is 1.34. The van der Waals surface area contributed by atoms with E-state index in [1.807, 2.05) is 30.3 Å². The average molecular weight is 401 g/mol. The Kier molecular flexibility index (Phi) is 5.08. The number of aryl methyl sites for hydroxylation is 1. The lowest BCUT2D eigenvalue weighted by Crippen LogP contribution is -2.48. The number of amides is 1. The van der Waals surface area contributed by atoms with Crippen molar-refractivity contribution >= 4 is 5.91 Å². The van der Waals surface area contributed by atoms with Gasteiger partial charge in [0.05, 0.1) is 11.5 Å². The smallest absolute Gasteiger partial charge is 0.341 e. The molecule has 2 heterocycles. The molecule has 0 radical (unpaired) electrons. The summed E-state index contributed by atoms with van der Waals surface area (Å²) in [6.45, 7) is 0.940. The lowest BCUT2D eigenvalue weighted by Gasteiger charge is -2.37. The van der Waals surface area contributed by atoms with E-state index in [1.165, 1.54) is 12.1 Å². The molecule has 3 aromatic rings. The molecule has 1 fully saturated rings. The maximum absolute atomic E-state index is 12.9. The fourth-order valence-corrected chi connectivity index (χ4v) is 3.25. The number of halogens is 3. The van der Waals surface area contributed by atoms with Crippen LogP contribution in [-0.4, -0.2) is 34.0 Å². The average Bonchev–Trinajstić information content (AvgIpc) is 3.15. The molecular formula is C21H18F3N3O2. The number of hydrogen-bond donors (Lipinski definition) is 0. The van der Waals surface area contributed by atoms with Crippen molar-refractivity contribution in [3.05, 3.63) is 71.6 Å². The van der Waals surface area contributed by atoms with Crippen LogP contribution in [0.15, 0.2) is 59.1 Å². The highest BCUT2D eigenvalue weighted by Crippen LogP contribution is 2.32. The predicted octanol–water partition coefficient (Wildman–Crippen LogP) is 4.31. The van der Waals surface area contributed by atoms with Gasteiger partial charge in [-0.1, -0.05) is 47.6 Å². The zero-order valence-electron chi connectivity index (χ0n) is 15.4. The van der Waals surface area contributed by atoms with E-state index in [-0.39, 0.29) is 23.2 Å². The van der Waals surface area contributed by atoms with Gasteiger partial charge in [-0.3, -0.25) is 4.79 Å². The fraction of sp³-hybridized carbons (Fsp3) is 0.286. The largest absolute Gasteiger partial charge is 0.416 e. The Morgan fingerprint density at radius 2 is 1.86 bits per heavy atom. The first-order valence-corrected chi connectivity index (χ1v) is 9.23. The van der Waals surface area contributed by atoms with Crippen molar-refractivity contribution < 1.29 is 22.5 Å². The van der Waals surface area contributed by atoms with E-state index < -0.39 is 11.7 Å². The molecule has 1 aliphatic heterocycles. The summed E-state index contributed by atoms with van der Waals surface area (Å²) in [7, 11) is 0. The minimum atomic E-state index is -4.43. The molecule has 8 heteroatoms. The molecule has 2 aromatic carbocycles. The summed E-state index contributed by atoms with van der Waals surface area (Å²) in [6, 6.07) is 14.6. The minimum absolute atomic E-state index is 0.0581. The zero-order valence-corrected chi connectivity index (χ0v) is 15.4. The van der Waals surface area contributed by atoms with E-state index in [9.17, 15) is 18.0 Å². The molecule has 1 amide bonds. The van der Waals surface area contributed by atoms with Gasteiger partial charge in [-0.05, 0) is 24.1 Å². The Labute approximate surface area is 165 Å². The Morgan fingerprint density at radius 3 is 2.59 bits per heavy atom. The number of likely N-dealkylation sites (tertiary alicyclic amines) is 1. The fourth-order valence-electron chi connectivity index (χ4n) is 3.25. The van der Waals surface area contributed by atoms with Crippen molar-refractivity contribution in [2.24, 2.45) is 0 Å². The van der Waals surface area contributed by atoms with E-state index in [0.717, 1.165) is 17.7 Å². The van der Waals surface area contributed by atoms with Gasteiger partial charge in [-0.15, -0.1) is 0 Å².